The molecule has 1 saturated heterocycles. The van der Waals surface area contributed by atoms with E-state index >= 15 is 0 Å². The van der Waals surface area contributed by atoms with Gasteiger partial charge in [-0.05, 0) is 20.8 Å². The molecule has 1 aliphatic heterocycles. The van der Waals surface area contributed by atoms with Crippen molar-refractivity contribution in [2.24, 2.45) is 5.92 Å². The van der Waals surface area contributed by atoms with Gasteiger partial charge in [0.1, 0.15) is 5.78 Å². The van der Waals surface area contributed by atoms with Crippen LogP contribution in [0.2, 0.25) is 0 Å². The molecule has 1 fully saturated rings. The third kappa shape index (κ3) is 2.58. The van der Waals surface area contributed by atoms with E-state index in [4.69, 9.17) is 0 Å². The van der Waals surface area contributed by atoms with Crippen molar-refractivity contribution in [1.29, 1.82) is 0 Å². The summed E-state index contributed by atoms with van der Waals surface area (Å²) >= 11 is 1.78. The molecule has 0 spiro atoms. The Morgan fingerprint density at radius 1 is 1.47 bits per heavy atom. The number of thiazole rings is 1. The van der Waals surface area contributed by atoms with Gasteiger partial charge in [0.15, 0.2) is 0 Å². The van der Waals surface area contributed by atoms with E-state index in [-0.39, 0.29) is 5.92 Å². The lowest BCUT2D eigenvalue weighted by Crippen LogP contribution is -2.40. The fourth-order valence-electron chi connectivity index (χ4n) is 2.50. The number of likely N-dealkylation sites (tertiary alicyclic amines) is 1. The summed E-state index contributed by atoms with van der Waals surface area (Å²) in [5, 5.41) is 1.13. The van der Waals surface area contributed by atoms with Gasteiger partial charge in [-0.15, -0.1) is 11.3 Å². The number of carbonyl (C=O) groups excluding carboxylic acids is 1. The topological polar surface area (TPSA) is 33.2 Å². The Bertz CT molecular complexity index is 427. The molecule has 2 unspecified atom stereocenters. The number of hydrogen-bond acceptors (Lipinski definition) is 4. The molecule has 0 amide bonds. The van der Waals surface area contributed by atoms with Crippen molar-refractivity contribution in [1.82, 2.24) is 9.88 Å². The summed E-state index contributed by atoms with van der Waals surface area (Å²) in [6, 6.07) is 0.386. The first kappa shape index (κ1) is 12.7. The van der Waals surface area contributed by atoms with E-state index in [2.05, 4.69) is 30.7 Å². The summed E-state index contributed by atoms with van der Waals surface area (Å²) < 4.78 is 0. The average molecular weight is 252 g/mol. The van der Waals surface area contributed by atoms with Gasteiger partial charge in [-0.25, -0.2) is 4.98 Å². The number of aromatic nitrogens is 1. The van der Waals surface area contributed by atoms with Gasteiger partial charge >= 0.3 is 0 Å². The highest BCUT2D eigenvalue weighted by atomic mass is 32.1. The monoisotopic (exact) mass is 252 g/mol. The second-order valence-corrected chi connectivity index (χ2v) is 6.21. The first-order valence-corrected chi connectivity index (χ1v) is 7.01. The molecule has 0 bridgehead atoms. The minimum Gasteiger partial charge on any atom is -0.299 e. The number of carbonyl (C=O) groups is 1. The third-order valence-corrected chi connectivity index (χ3v) is 4.81. The molecule has 2 rings (SSSR count). The Hall–Kier alpha value is -0.740. The predicted molar refractivity (Wildman–Crippen MR) is 70.4 cm³/mol. The molecule has 0 radical (unpaired) electrons. The van der Waals surface area contributed by atoms with Gasteiger partial charge in [0.25, 0.3) is 0 Å². The summed E-state index contributed by atoms with van der Waals surface area (Å²) in [4.78, 5) is 19.8. The van der Waals surface area contributed by atoms with Crippen LogP contribution in [-0.4, -0.2) is 28.8 Å². The summed E-state index contributed by atoms with van der Waals surface area (Å²) in [5.74, 6) is 0.589. The molecule has 0 aliphatic carbocycles. The van der Waals surface area contributed by atoms with Crippen LogP contribution in [0.25, 0.3) is 0 Å². The smallest absolute Gasteiger partial charge is 0.138 e. The Kier molecular flexibility index (Phi) is 3.64. The highest BCUT2D eigenvalue weighted by Crippen LogP contribution is 2.31. The van der Waals surface area contributed by atoms with Crippen LogP contribution in [0, 0.1) is 19.8 Å². The molecule has 94 valence electrons. The number of ketones is 1. The molecular weight excluding hydrogens is 232 g/mol. The maximum Gasteiger partial charge on any atom is 0.138 e. The highest BCUT2D eigenvalue weighted by molar-refractivity contribution is 7.11. The molecule has 2 atom stereocenters. The lowest BCUT2D eigenvalue weighted by Gasteiger charge is -2.34. The quantitative estimate of drug-likeness (QED) is 0.811. The molecule has 4 heteroatoms. The number of hydrogen-bond donors (Lipinski definition) is 0. The van der Waals surface area contributed by atoms with Crippen LogP contribution in [0.4, 0.5) is 0 Å². The number of Topliss-reactive ketones (excluding diaryl/α,β-unsaturated/α-hetero) is 1. The van der Waals surface area contributed by atoms with Crippen molar-refractivity contribution >= 4 is 17.1 Å². The van der Waals surface area contributed by atoms with Crippen LogP contribution >= 0.6 is 11.3 Å². The predicted octanol–water partition coefficient (Wildman–Crippen LogP) is 2.73. The van der Waals surface area contributed by atoms with Crippen molar-refractivity contribution in [2.75, 3.05) is 13.1 Å². The molecule has 0 N–H and O–H groups in total. The van der Waals surface area contributed by atoms with Crippen LogP contribution in [0.5, 0.6) is 0 Å². The molecule has 0 saturated carbocycles. The molecule has 2 heterocycles. The van der Waals surface area contributed by atoms with Crippen molar-refractivity contribution in [3.63, 3.8) is 0 Å². The molecule has 1 aromatic heterocycles. The lowest BCUT2D eigenvalue weighted by molar-refractivity contribution is -0.126. The molecule has 0 aromatic carbocycles. The standard InChI is InChI=1S/C13H20N2OS/c1-8-7-15(6-5-12(8)16)10(3)13-9(2)14-11(4)17-13/h8,10H,5-7H2,1-4H3. The Balaban J connectivity index is 2.12. The van der Waals surface area contributed by atoms with Gasteiger partial charge in [0.05, 0.1) is 10.7 Å². The van der Waals surface area contributed by atoms with E-state index in [1.165, 1.54) is 4.88 Å². The van der Waals surface area contributed by atoms with E-state index < -0.39 is 0 Å². The van der Waals surface area contributed by atoms with Crippen molar-refractivity contribution < 1.29 is 4.79 Å². The van der Waals surface area contributed by atoms with Gasteiger partial charge in [-0.3, -0.25) is 9.69 Å². The fraction of sp³-hybridized carbons (Fsp3) is 0.692. The van der Waals surface area contributed by atoms with E-state index in [1.54, 1.807) is 11.3 Å². The zero-order valence-electron chi connectivity index (χ0n) is 11.0. The zero-order chi connectivity index (χ0) is 12.6. The summed E-state index contributed by atoms with van der Waals surface area (Å²) in [6.45, 7) is 10.2. The fourth-order valence-corrected chi connectivity index (χ4v) is 3.51. The SMILES string of the molecule is Cc1nc(C)c(C(C)N2CCC(=O)C(C)C2)s1. The Morgan fingerprint density at radius 2 is 2.18 bits per heavy atom. The normalized spacial score (nSPS) is 24.0. The molecular formula is C13H20N2OS. The highest BCUT2D eigenvalue weighted by Gasteiger charge is 2.28. The average Bonchev–Trinajstić information content (AvgIpc) is 2.61. The van der Waals surface area contributed by atoms with Crippen LogP contribution in [-0.2, 0) is 4.79 Å². The van der Waals surface area contributed by atoms with Gasteiger partial charge in [-0.2, -0.15) is 0 Å². The molecule has 3 nitrogen and oxygen atoms in total. The first-order valence-electron chi connectivity index (χ1n) is 6.19. The zero-order valence-corrected chi connectivity index (χ0v) is 11.8. The van der Waals surface area contributed by atoms with E-state index in [1.807, 2.05) is 6.92 Å². The minimum atomic E-state index is 0.181. The number of nitrogens with zero attached hydrogens (tertiary/aromatic N) is 2. The second kappa shape index (κ2) is 4.86. The van der Waals surface area contributed by atoms with E-state index in [0.29, 0.717) is 18.2 Å². The third-order valence-electron chi connectivity index (χ3n) is 3.57. The maximum absolute atomic E-state index is 11.5. The van der Waals surface area contributed by atoms with Crippen LogP contribution < -0.4 is 0 Å². The summed E-state index contributed by atoms with van der Waals surface area (Å²) in [5.41, 5.74) is 1.14. The summed E-state index contributed by atoms with van der Waals surface area (Å²) in [7, 11) is 0. The first-order chi connectivity index (χ1) is 7.99. The van der Waals surface area contributed by atoms with Crippen LogP contribution in [0.1, 0.15) is 41.9 Å². The lowest BCUT2D eigenvalue weighted by atomic mass is 9.97. The van der Waals surface area contributed by atoms with E-state index in [9.17, 15) is 4.79 Å². The second-order valence-electron chi connectivity index (χ2n) is 4.97. The van der Waals surface area contributed by atoms with Gasteiger partial charge in [-0.1, -0.05) is 6.92 Å². The number of piperidine rings is 1. The van der Waals surface area contributed by atoms with E-state index in [0.717, 1.165) is 23.8 Å². The molecule has 1 aromatic rings. The van der Waals surface area contributed by atoms with Gasteiger partial charge in [0, 0.05) is 36.3 Å². The van der Waals surface area contributed by atoms with Crippen LogP contribution in [0.3, 0.4) is 0 Å². The molecule has 1 aliphatic rings. The van der Waals surface area contributed by atoms with Crippen LogP contribution in [0.15, 0.2) is 0 Å². The summed E-state index contributed by atoms with van der Waals surface area (Å²) in [6.07, 6.45) is 0.697. The number of aryl methyl sites for hydroxylation is 2. The maximum atomic E-state index is 11.5. The Labute approximate surface area is 107 Å². The van der Waals surface area contributed by atoms with Crippen molar-refractivity contribution in [3.05, 3.63) is 15.6 Å². The Morgan fingerprint density at radius 3 is 2.71 bits per heavy atom. The van der Waals surface area contributed by atoms with Crippen molar-refractivity contribution in [2.45, 2.75) is 40.2 Å². The largest absolute Gasteiger partial charge is 0.299 e. The molecule has 17 heavy (non-hydrogen) atoms. The van der Waals surface area contributed by atoms with Gasteiger partial charge < -0.3 is 0 Å². The minimum absolute atomic E-state index is 0.181. The van der Waals surface area contributed by atoms with Crippen molar-refractivity contribution in [3.8, 4) is 0 Å². The van der Waals surface area contributed by atoms with Gasteiger partial charge in [0.2, 0.25) is 0 Å². The number of rotatable bonds is 2.